The van der Waals surface area contributed by atoms with E-state index in [2.05, 4.69) is 33.6 Å². The number of nitrogens with zero attached hydrogens (tertiary/aromatic N) is 4. The quantitative estimate of drug-likeness (QED) is 0.426. The molecule has 3 fully saturated rings. The molecule has 31 heavy (non-hydrogen) atoms. The largest absolute Gasteiger partial charge is 0.383 e. The minimum atomic E-state index is 0.429. The normalized spacial score (nSPS) is 26.6. The molecule has 7 nitrogen and oxygen atoms in total. The molecule has 3 aliphatic rings. The Kier molecular flexibility index (Phi) is 11.5. The number of piperidine rings is 2. The third-order valence-corrected chi connectivity index (χ3v) is 7.45. The molecule has 0 aromatic rings. The monoisotopic (exact) mass is 440 g/mol. The number of likely N-dealkylation sites (tertiary alicyclic amines) is 2. The maximum Gasteiger partial charge on any atom is 0.0704 e. The predicted molar refractivity (Wildman–Crippen MR) is 126 cm³/mol. The van der Waals surface area contributed by atoms with Crippen molar-refractivity contribution >= 4 is 0 Å². The molecule has 3 saturated heterocycles. The standard InChI is InChI=1S/C24H48N4O3/c1-22-20-27(12-13-28(22)15-16-29-3)14-17-30-18-19-31-24-6-10-26(11-7-24)21-23-4-8-25(2)9-5-23/h22-24H,4-21H2,1-3H3/t22-/m1/s1. The van der Waals surface area contributed by atoms with Gasteiger partial charge in [0, 0.05) is 65.5 Å². The first kappa shape index (κ1) is 25.3. The third kappa shape index (κ3) is 9.24. The molecule has 0 saturated carbocycles. The zero-order chi connectivity index (χ0) is 21.9. The molecule has 0 aromatic heterocycles. The summed E-state index contributed by atoms with van der Waals surface area (Å²) in [6.07, 6.45) is 5.52. The lowest BCUT2D eigenvalue weighted by molar-refractivity contribution is -0.0293. The van der Waals surface area contributed by atoms with Gasteiger partial charge in [-0.05, 0) is 58.7 Å². The van der Waals surface area contributed by atoms with Gasteiger partial charge in [-0.25, -0.2) is 0 Å². The number of rotatable bonds is 12. The highest BCUT2D eigenvalue weighted by molar-refractivity contribution is 4.79. The second-order valence-corrected chi connectivity index (χ2v) is 9.91. The van der Waals surface area contributed by atoms with Crippen LogP contribution in [0.15, 0.2) is 0 Å². The van der Waals surface area contributed by atoms with Gasteiger partial charge in [0.05, 0.1) is 32.5 Å². The molecule has 3 rings (SSSR count). The van der Waals surface area contributed by atoms with E-state index < -0.39 is 0 Å². The molecule has 0 spiro atoms. The maximum atomic E-state index is 6.11. The Balaban J connectivity index is 1.15. The summed E-state index contributed by atoms with van der Waals surface area (Å²) in [6.45, 7) is 17.1. The summed E-state index contributed by atoms with van der Waals surface area (Å²) in [5.41, 5.74) is 0. The van der Waals surface area contributed by atoms with Crippen LogP contribution in [0.4, 0.5) is 0 Å². The van der Waals surface area contributed by atoms with Crippen LogP contribution in [0.5, 0.6) is 0 Å². The average Bonchev–Trinajstić information content (AvgIpc) is 2.78. The van der Waals surface area contributed by atoms with Crippen molar-refractivity contribution in [2.24, 2.45) is 5.92 Å². The van der Waals surface area contributed by atoms with E-state index in [1.807, 2.05) is 0 Å². The van der Waals surface area contributed by atoms with Crippen molar-refractivity contribution in [3.8, 4) is 0 Å². The molecular weight excluding hydrogens is 392 g/mol. The third-order valence-electron chi connectivity index (χ3n) is 7.45. The van der Waals surface area contributed by atoms with E-state index in [4.69, 9.17) is 14.2 Å². The molecule has 3 heterocycles. The van der Waals surface area contributed by atoms with Gasteiger partial charge in [0.25, 0.3) is 0 Å². The molecule has 0 radical (unpaired) electrons. The van der Waals surface area contributed by atoms with E-state index in [0.29, 0.717) is 12.1 Å². The number of methoxy groups -OCH3 is 1. The Morgan fingerprint density at radius 2 is 1.55 bits per heavy atom. The van der Waals surface area contributed by atoms with Gasteiger partial charge in [0.15, 0.2) is 0 Å². The summed E-state index contributed by atoms with van der Waals surface area (Å²) in [5, 5.41) is 0. The smallest absolute Gasteiger partial charge is 0.0704 e. The van der Waals surface area contributed by atoms with Gasteiger partial charge in [-0.2, -0.15) is 0 Å². The van der Waals surface area contributed by atoms with E-state index >= 15 is 0 Å². The Hall–Kier alpha value is -0.280. The first-order valence-electron chi connectivity index (χ1n) is 12.7. The lowest BCUT2D eigenvalue weighted by Gasteiger charge is -2.39. The highest BCUT2D eigenvalue weighted by atomic mass is 16.5. The van der Waals surface area contributed by atoms with Crippen LogP contribution in [0.2, 0.25) is 0 Å². The predicted octanol–water partition coefficient (Wildman–Crippen LogP) is 1.48. The van der Waals surface area contributed by atoms with Gasteiger partial charge in [0.1, 0.15) is 0 Å². The van der Waals surface area contributed by atoms with Crippen LogP contribution in [0.3, 0.4) is 0 Å². The van der Waals surface area contributed by atoms with Crippen molar-refractivity contribution < 1.29 is 14.2 Å². The first-order chi connectivity index (χ1) is 15.1. The van der Waals surface area contributed by atoms with E-state index in [9.17, 15) is 0 Å². The van der Waals surface area contributed by atoms with E-state index in [1.165, 1.54) is 58.4 Å². The summed E-state index contributed by atoms with van der Waals surface area (Å²) in [7, 11) is 4.02. The second kappa shape index (κ2) is 14.1. The lowest BCUT2D eigenvalue weighted by Crippen LogP contribution is -2.53. The highest BCUT2D eigenvalue weighted by Crippen LogP contribution is 2.20. The molecule has 0 N–H and O–H groups in total. The zero-order valence-electron chi connectivity index (χ0n) is 20.5. The highest BCUT2D eigenvalue weighted by Gasteiger charge is 2.24. The van der Waals surface area contributed by atoms with Gasteiger partial charge in [-0.1, -0.05) is 0 Å². The number of hydrogen-bond acceptors (Lipinski definition) is 7. The molecule has 0 bridgehead atoms. The topological polar surface area (TPSA) is 40.7 Å². The Morgan fingerprint density at radius 3 is 2.26 bits per heavy atom. The fraction of sp³-hybridized carbons (Fsp3) is 1.00. The molecule has 7 heteroatoms. The van der Waals surface area contributed by atoms with Crippen LogP contribution in [0, 0.1) is 5.92 Å². The summed E-state index contributed by atoms with van der Waals surface area (Å²) in [5.74, 6) is 0.901. The average molecular weight is 441 g/mol. The minimum Gasteiger partial charge on any atom is -0.383 e. The van der Waals surface area contributed by atoms with Gasteiger partial charge >= 0.3 is 0 Å². The number of piperazine rings is 1. The fourth-order valence-electron chi connectivity index (χ4n) is 5.25. The van der Waals surface area contributed by atoms with Crippen LogP contribution in [-0.4, -0.2) is 138 Å². The number of hydrogen-bond donors (Lipinski definition) is 0. The van der Waals surface area contributed by atoms with Crippen LogP contribution in [-0.2, 0) is 14.2 Å². The maximum absolute atomic E-state index is 6.11. The SMILES string of the molecule is COCCN1CCN(CCOCCOC2CCN(CC3CCN(C)CC3)CC2)C[C@H]1C. The summed E-state index contributed by atoms with van der Waals surface area (Å²) < 4.78 is 17.2. The number of ether oxygens (including phenoxy) is 3. The van der Waals surface area contributed by atoms with Gasteiger partial charge in [-0.3, -0.25) is 9.80 Å². The lowest BCUT2D eigenvalue weighted by atomic mass is 9.95. The van der Waals surface area contributed by atoms with Gasteiger partial charge in [0.2, 0.25) is 0 Å². The molecule has 3 aliphatic heterocycles. The summed E-state index contributed by atoms with van der Waals surface area (Å²) in [6, 6.07) is 0.595. The summed E-state index contributed by atoms with van der Waals surface area (Å²) in [4.78, 5) is 10.2. The molecule has 0 amide bonds. The van der Waals surface area contributed by atoms with Crippen LogP contribution in [0.1, 0.15) is 32.6 Å². The first-order valence-corrected chi connectivity index (χ1v) is 12.7. The van der Waals surface area contributed by atoms with Crippen molar-refractivity contribution in [1.29, 1.82) is 0 Å². The van der Waals surface area contributed by atoms with E-state index in [1.54, 1.807) is 7.11 Å². The summed E-state index contributed by atoms with van der Waals surface area (Å²) >= 11 is 0. The Bertz CT molecular complexity index is 468. The molecule has 0 aliphatic carbocycles. The van der Waals surface area contributed by atoms with Crippen molar-refractivity contribution in [2.75, 3.05) is 106 Å². The van der Waals surface area contributed by atoms with Crippen molar-refractivity contribution in [1.82, 2.24) is 19.6 Å². The second-order valence-electron chi connectivity index (χ2n) is 9.91. The van der Waals surface area contributed by atoms with E-state index in [-0.39, 0.29) is 0 Å². The van der Waals surface area contributed by atoms with Crippen molar-refractivity contribution in [2.45, 2.75) is 44.8 Å². The Morgan fingerprint density at radius 1 is 0.774 bits per heavy atom. The zero-order valence-corrected chi connectivity index (χ0v) is 20.5. The molecule has 1 atom stereocenters. The van der Waals surface area contributed by atoms with Gasteiger partial charge in [-0.15, -0.1) is 0 Å². The molecule has 182 valence electrons. The molecule has 0 unspecified atom stereocenters. The van der Waals surface area contributed by atoms with E-state index in [0.717, 1.165) is 65.1 Å². The minimum absolute atomic E-state index is 0.429. The Labute approximate surface area is 190 Å². The van der Waals surface area contributed by atoms with Crippen LogP contribution < -0.4 is 0 Å². The van der Waals surface area contributed by atoms with Crippen LogP contribution in [0.25, 0.3) is 0 Å². The van der Waals surface area contributed by atoms with Gasteiger partial charge < -0.3 is 24.0 Å². The van der Waals surface area contributed by atoms with Crippen molar-refractivity contribution in [3.63, 3.8) is 0 Å². The van der Waals surface area contributed by atoms with Crippen LogP contribution >= 0.6 is 0 Å². The molecular formula is C24H48N4O3. The fourth-order valence-corrected chi connectivity index (χ4v) is 5.25. The van der Waals surface area contributed by atoms with Crippen molar-refractivity contribution in [3.05, 3.63) is 0 Å². The molecule has 0 aromatic carbocycles.